The van der Waals surface area contributed by atoms with Crippen LogP contribution in [0.25, 0.3) is 0 Å². The predicted octanol–water partition coefficient (Wildman–Crippen LogP) is 0.752. The largest absolute Gasteiger partial charge is 0.497 e. The Hall–Kier alpha value is -1.75. The molecule has 0 saturated heterocycles. The van der Waals surface area contributed by atoms with E-state index in [2.05, 4.69) is 0 Å². The molecule has 5 heteroatoms. The monoisotopic (exact) mass is 211 g/mol. The second-order valence-electron chi connectivity index (χ2n) is 2.89. The van der Waals surface area contributed by atoms with Gasteiger partial charge in [-0.05, 0) is 18.2 Å². The van der Waals surface area contributed by atoms with Crippen molar-refractivity contribution >= 4 is 5.91 Å². The second kappa shape index (κ2) is 5.21. The highest BCUT2D eigenvalue weighted by Crippen LogP contribution is 2.24. The lowest BCUT2D eigenvalue weighted by Crippen LogP contribution is -2.21. The first kappa shape index (κ1) is 11.3. The lowest BCUT2D eigenvalue weighted by Gasteiger charge is -2.09. The minimum absolute atomic E-state index is 0.0386. The van der Waals surface area contributed by atoms with E-state index in [0.717, 1.165) is 0 Å². The van der Waals surface area contributed by atoms with Gasteiger partial charge in [-0.1, -0.05) is 0 Å². The van der Waals surface area contributed by atoms with Gasteiger partial charge in [0.15, 0.2) is 0 Å². The Labute approximate surface area is 87.6 Å². The minimum atomic E-state index is -0.499. The molecule has 5 nitrogen and oxygen atoms in total. The Morgan fingerprint density at radius 1 is 1.40 bits per heavy atom. The molecule has 0 unspecified atom stereocenters. The van der Waals surface area contributed by atoms with Crippen LogP contribution in [0.2, 0.25) is 0 Å². The molecule has 0 bridgehead atoms. The fourth-order valence-corrected chi connectivity index (χ4v) is 1.23. The number of nitrogens with one attached hydrogen (secondary N) is 1. The van der Waals surface area contributed by atoms with Crippen molar-refractivity contribution in [1.82, 2.24) is 5.48 Å². The van der Waals surface area contributed by atoms with Gasteiger partial charge in [0, 0.05) is 5.56 Å². The lowest BCUT2D eigenvalue weighted by molar-refractivity contribution is -0.128. The minimum Gasteiger partial charge on any atom is -0.497 e. The van der Waals surface area contributed by atoms with Gasteiger partial charge in [-0.25, -0.2) is 5.48 Å². The summed E-state index contributed by atoms with van der Waals surface area (Å²) in [7, 11) is 3.06. The number of ether oxygens (including phenoxy) is 2. The molecule has 0 radical (unpaired) electrons. The van der Waals surface area contributed by atoms with Gasteiger partial charge in [0.2, 0.25) is 5.91 Å². The van der Waals surface area contributed by atoms with E-state index in [-0.39, 0.29) is 6.42 Å². The first-order valence-corrected chi connectivity index (χ1v) is 4.35. The zero-order valence-corrected chi connectivity index (χ0v) is 8.61. The second-order valence-corrected chi connectivity index (χ2v) is 2.89. The van der Waals surface area contributed by atoms with Crippen LogP contribution in [0.3, 0.4) is 0 Å². The van der Waals surface area contributed by atoms with Crippen LogP contribution < -0.4 is 15.0 Å². The van der Waals surface area contributed by atoms with Gasteiger partial charge in [-0.15, -0.1) is 0 Å². The summed E-state index contributed by atoms with van der Waals surface area (Å²) in [6, 6.07) is 5.13. The summed E-state index contributed by atoms with van der Waals surface area (Å²) >= 11 is 0. The van der Waals surface area contributed by atoms with Crippen LogP contribution in [-0.2, 0) is 11.2 Å². The van der Waals surface area contributed by atoms with Crippen LogP contribution in [0.5, 0.6) is 11.5 Å². The van der Waals surface area contributed by atoms with E-state index in [0.29, 0.717) is 17.1 Å². The molecular weight excluding hydrogens is 198 g/mol. The summed E-state index contributed by atoms with van der Waals surface area (Å²) in [5.41, 5.74) is 2.22. The first-order chi connectivity index (χ1) is 7.21. The van der Waals surface area contributed by atoms with Crippen molar-refractivity contribution in [2.75, 3.05) is 14.2 Å². The van der Waals surface area contributed by atoms with E-state index >= 15 is 0 Å². The Kier molecular flexibility index (Phi) is 3.93. The van der Waals surface area contributed by atoms with Crippen molar-refractivity contribution in [3.8, 4) is 11.5 Å². The number of rotatable bonds is 4. The third kappa shape index (κ3) is 2.85. The van der Waals surface area contributed by atoms with Gasteiger partial charge >= 0.3 is 0 Å². The van der Waals surface area contributed by atoms with Crippen LogP contribution in [0.1, 0.15) is 5.56 Å². The molecule has 2 N–H and O–H groups in total. The molecule has 15 heavy (non-hydrogen) atoms. The molecule has 1 rings (SSSR count). The van der Waals surface area contributed by atoms with Gasteiger partial charge in [-0.3, -0.25) is 10.0 Å². The summed E-state index contributed by atoms with van der Waals surface area (Å²) in [4.78, 5) is 11.0. The molecule has 0 aliphatic heterocycles. The van der Waals surface area contributed by atoms with E-state index in [1.165, 1.54) is 14.2 Å². The van der Waals surface area contributed by atoms with E-state index < -0.39 is 5.91 Å². The molecule has 0 spiro atoms. The van der Waals surface area contributed by atoms with Crippen molar-refractivity contribution in [2.45, 2.75) is 6.42 Å². The lowest BCUT2D eigenvalue weighted by atomic mass is 10.1. The molecule has 82 valence electrons. The molecule has 1 aromatic rings. The van der Waals surface area contributed by atoms with E-state index in [9.17, 15) is 4.79 Å². The Morgan fingerprint density at radius 3 is 2.67 bits per heavy atom. The van der Waals surface area contributed by atoms with Gasteiger partial charge in [0.1, 0.15) is 11.5 Å². The van der Waals surface area contributed by atoms with Crippen LogP contribution in [-0.4, -0.2) is 25.3 Å². The van der Waals surface area contributed by atoms with Gasteiger partial charge < -0.3 is 9.47 Å². The van der Waals surface area contributed by atoms with Crippen LogP contribution in [0, 0.1) is 0 Å². The van der Waals surface area contributed by atoms with Crippen LogP contribution in [0.15, 0.2) is 18.2 Å². The van der Waals surface area contributed by atoms with Crippen molar-refractivity contribution < 1.29 is 19.5 Å². The molecule has 1 aromatic carbocycles. The molecule has 0 atom stereocenters. The fraction of sp³-hybridized carbons (Fsp3) is 0.300. The quantitative estimate of drug-likeness (QED) is 0.569. The van der Waals surface area contributed by atoms with Gasteiger partial charge in [0.25, 0.3) is 0 Å². The normalized spacial score (nSPS) is 9.53. The zero-order valence-electron chi connectivity index (χ0n) is 8.61. The highest BCUT2D eigenvalue weighted by Gasteiger charge is 2.09. The van der Waals surface area contributed by atoms with Gasteiger partial charge in [0.05, 0.1) is 20.6 Å². The molecule has 0 fully saturated rings. The van der Waals surface area contributed by atoms with Crippen molar-refractivity contribution in [1.29, 1.82) is 0 Å². The highest BCUT2D eigenvalue weighted by molar-refractivity contribution is 5.78. The molecule has 0 aliphatic carbocycles. The average Bonchev–Trinajstić information content (AvgIpc) is 2.28. The maximum atomic E-state index is 11.0. The summed E-state index contributed by atoms with van der Waals surface area (Å²) in [6.45, 7) is 0. The SMILES string of the molecule is COc1ccc(OC)c(CC(=O)NO)c1. The number of carbonyl (C=O) groups excluding carboxylic acids is 1. The third-order valence-corrected chi connectivity index (χ3v) is 1.96. The molecule has 0 saturated carbocycles. The van der Waals surface area contributed by atoms with E-state index in [1.54, 1.807) is 23.7 Å². The summed E-state index contributed by atoms with van der Waals surface area (Å²) < 4.78 is 10.1. The molecule has 0 heterocycles. The van der Waals surface area contributed by atoms with E-state index in [1.807, 2.05) is 0 Å². The summed E-state index contributed by atoms with van der Waals surface area (Å²) in [5.74, 6) is 0.720. The number of carbonyl (C=O) groups is 1. The topological polar surface area (TPSA) is 67.8 Å². The Balaban J connectivity index is 2.95. The smallest absolute Gasteiger partial charge is 0.247 e. The summed E-state index contributed by atoms with van der Waals surface area (Å²) in [6.07, 6.45) is 0.0386. The zero-order chi connectivity index (χ0) is 11.3. The maximum Gasteiger partial charge on any atom is 0.247 e. The molecule has 0 aliphatic rings. The number of hydrogen-bond donors (Lipinski definition) is 2. The van der Waals surface area contributed by atoms with Gasteiger partial charge in [-0.2, -0.15) is 0 Å². The first-order valence-electron chi connectivity index (χ1n) is 4.35. The number of benzene rings is 1. The number of hydroxylamine groups is 1. The molecule has 1 amide bonds. The Morgan fingerprint density at radius 2 is 2.13 bits per heavy atom. The maximum absolute atomic E-state index is 11.0. The van der Waals surface area contributed by atoms with Crippen molar-refractivity contribution in [2.24, 2.45) is 0 Å². The van der Waals surface area contributed by atoms with Crippen molar-refractivity contribution in [3.63, 3.8) is 0 Å². The summed E-state index contributed by atoms with van der Waals surface area (Å²) in [5, 5.41) is 8.41. The molecule has 0 aromatic heterocycles. The highest BCUT2D eigenvalue weighted by atomic mass is 16.5. The fourth-order valence-electron chi connectivity index (χ4n) is 1.23. The van der Waals surface area contributed by atoms with E-state index in [4.69, 9.17) is 14.7 Å². The third-order valence-electron chi connectivity index (χ3n) is 1.96. The number of methoxy groups -OCH3 is 2. The standard InChI is InChI=1S/C10H13NO4/c1-14-8-3-4-9(15-2)7(5-8)6-10(12)11-13/h3-5,13H,6H2,1-2H3,(H,11,12). The van der Waals surface area contributed by atoms with Crippen LogP contribution >= 0.6 is 0 Å². The Bertz CT molecular complexity index is 351. The number of amides is 1. The number of hydrogen-bond acceptors (Lipinski definition) is 4. The van der Waals surface area contributed by atoms with Crippen LogP contribution in [0.4, 0.5) is 0 Å². The predicted molar refractivity (Wildman–Crippen MR) is 53.2 cm³/mol. The molecular formula is C10H13NO4. The van der Waals surface area contributed by atoms with Crippen molar-refractivity contribution in [3.05, 3.63) is 23.8 Å². The average molecular weight is 211 g/mol.